The molecule has 0 saturated heterocycles. The number of para-hydroxylation sites is 1. The predicted molar refractivity (Wildman–Crippen MR) is 80.3 cm³/mol. The van der Waals surface area contributed by atoms with Crippen LogP contribution in [0.5, 0.6) is 0 Å². The lowest BCUT2D eigenvalue weighted by Crippen LogP contribution is -2.32. The van der Waals surface area contributed by atoms with E-state index in [-0.39, 0.29) is 18.1 Å². The number of amides is 1. The molecule has 0 radical (unpaired) electrons. The van der Waals surface area contributed by atoms with Crippen molar-refractivity contribution in [1.82, 2.24) is 10.2 Å². The van der Waals surface area contributed by atoms with Crippen LogP contribution in [-0.2, 0) is 4.79 Å². The third kappa shape index (κ3) is 6.12. The van der Waals surface area contributed by atoms with Gasteiger partial charge in [0, 0.05) is 6.04 Å². The van der Waals surface area contributed by atoms with Crippen LogP contribution < -0.4 is 10.6 Å². The van der Waals surface area contributed by atoms with Crippen LogP contribution in [0.2, 0.25) is 0 Å². The number of benzene rings is 1. The summed E-state index contributed by atoms with van der Waals surface area (Å²) in [7, 11) is 2.08. The Bertz CT molecular complexity index is 423. The summed E-state index contributed by atoms with van der Waals surface area (Å²) in [6.45, 7) is 6.24. The van der Waals surface area contributed by atoms with Crippen LogP contribution >= 0.6 is 0 Å². The number of hydrogen-bond donors (Lipinski definition) is 2. The smallest absolute Gasteiger partial charge is 0.238 e. The molecule has 0 aromatic heterocycles. The van der Waals surface area contributed by atoms with Gasteiger partial charge in [0.05, 0.1) is 12.2 Å². The van der Waals surface area contributed by atoms with E-state index in [1.54, 1.807) is 18.2 Å². The standard InChI is InChI=1S/C15H24FN3O/c1-12(2)19(3)10-6-9-17-11-15(20)18-14-8-5-4-7-13(14)16/h4-5,7-8,12,17H,6,9-11H2,1-3H3,(H,18,20). The van der Waals surface area contributed by atoms with Crippen LogP contribution in [0.3, 0.4) is 0 Å². The third-order valence-electron chi connectivity index (χ3n) is 3.18. The lowest BCUT2D eigenvalue weighted by Gasteiger charge is -2.20. The first-order chi connectivity index (χ1) is 9.50. The Balaban J connectivity index is 2.17. The summed E-state index contributed by atoms with van der Waals surface area (Å²) in [5.74, 6) is -0.647. The number of nitrogens with zero attached hydrogens (tertiary/aromatic N) is 1. The highest BCUT2D eigenvalue weighted by Gasteiger charge is 2.06. The van der Waals surface area contributed by atoms with Gasteiger partial charge in [0.2, 0.25) is 5.91 Å². The van der Waals surface area contributed by atoms with E-state index in [0.29, 0.717) is 6.04 Å². The Labute approximate surface area is 120 Å². The van der Waals surface area contributed by atoms with Gasteiger partial charge < -0.3 is 15.5 Å². The minimum atomic E-state index is -0.417. The van der Waals surface area contributed by atoms with E-state index >= 15 is 0 Å². The summed E-state index contributed by atoms with van der Waals surface area (Å²) in [5.41, 5.74) is 0.221. The Hall–Kier alpha value is -1.46. The molecule has 0 aliphatic rings. The molecule has 2 N–H and O–H groups in total. The molecule has 0 bridgehead atoms. The van der Waals surface area contributed by atoms with Gasteiger partial charge in [0.25, 0.3) is 0 Å². The zero-order valence-corrected chi connectivity index (χ0v) is 12.4. The second kappa shape index (κ2) is 8.66. The van der Waals surface area contributed by atoms with Gasteiger partial charge in [-0.2, -0.15) is 0 Å². The number of anilines is 1. The highest BCUT2D eigenvalue weighted by Crippen LogP contribution is 2.11. The first-order valence-electron chi connectivity index (χ1n) is 6.96. The number of halogens is 1. The zero-order valence-electron chi connectivity index (χ0n) is 12.4. The van der Waals surface area contributed by atoms with Gasteiger partial charge in [-0.1, -0.05) is 12.1 Å². The molecule has 0 saturated carbocycles. The van der Waals surface area contributed by atoms with Crippen LogP contribution in [0.25, 0.3) is 0 Å². The fourth-order valence-corrected chi connectivity index (χ4v) is 1.67. The number of carbonyl (C=O) groups excluding carboxylic acids is 1. The van der Waals surface area contributed by atoms with Gasteiger partial charge in [-0.25, -0.2) is 4.39 Å². The van der Waals surface area contributed by atoms with Crippen molar-refractivity contribution >= 4 is 11.6 Å². The highest BCUT2D eigenvalue weighted by atomic mass is 19.1. The number of carbonyl (C=O) groups is 1. The summed E-state index contributed by atoms with van der Waals surface area (Å²) in [6, 6.07) is 6.68. The van der Waals surface area contributed by atoms with Crippen molar-refractivity contribution < 1.29 is 9.18 Å². The third-order valence-corrected chi connectivity index (χ3v) is 3.18. The normalized spacial score (nSPS) is 11.1. The fourth-order valence-electron chi connectivity index (χ4n) is 1.67. The molecular weight excluding hydrogens is 257 g/mol. The maximum Gasteiger partial charge on any atom is 0.238 e. The molecule has 5 heteroatoms. The Morgan fingerprint density at radius 2 is 2.05 bits per heavy atom. The topological polar surface area (TPSA) is 44.4 Å². The van der Waals surface area contributed by atoms with Crippen LogP contribution in [0.4, 0.5) is 10.1 Å². The summed E-state index contributed by atoms with van der Waals surface area (Å²) in [6.07, 6.45) is 0.974. The maximum absolute atomic E-state index is 13.3. The molecule has 20 heavy (non-hydrogen) atoms. The molecule has 1 aromatic rings. The van der Waals surface area contributed by atoms with Crippen molar-refractivity contribution in [3.8, 4) is 0 Å². The fraction of sp³-hybridized carbons (Fsp3) is 0.533. The van der Waals surface area contributed by atoms with Gasteiger partial charge in [0.1, 0.15) is 5.82 Å². The van der Waals surface area contributed by atoms with Crippen LogP contribution in [0.1, 0.15) is 20.3 Å². The Morgan fingerprint density at radius 1 is 1.35 bits per heavy atom. The van der Waals surface area contributed by atoms with Crippen LogP contribution in [0.15, 0.2) is 24.3 Å². The molecule has 1 rings (SSSR count). The van der Waals surface area contributed by atoms with E-state index in [9.17, 15) is 9.18 Å². The minimum absolute atomic E-state index is 0.194. The molecular formula is C15H24FN3O. The second-order valence-electron chi connectivity index (χ2n) is 5.13. The maximum atomic E-state index is 13.3. The summed E-state index contributed by atoms with van der Waals surface area (Å²) in [4.78, 5) is 13.9. The van der Waals surface area contributed by atoms with Crippen LogP contribution in [0, 0.1) is 5.82 Å². The van der Waals surface area contributed by atoms with Gasteiger partial charge in [-0.3, -0.25) is 4.79 Å². The zero-order chi connectivity index (χ0) is 15.0. The average Bonchev–Trinajstić information content (AvgIpc) is 2.40. The largest absolute Gasteiger partial charge is 0.322 e. The van der Waals surface area contributed by atoms with Crippen molar-refractivity contribution in [3.63, 3.8) is 0 Å². The van der Waals surface area contributed by atoms with Gasteiger partial charge >= 0.3 is 0 Å². The van der Waals surface area contributed by atoms with E-state index in [1.807, 2.05) is 0 Å². The number of hydrogen-bond acceptors (Lipinski definition) is 3. The van der Waals surface area contributed by atoms with Crippen molar-refractivity contribution in [3.05, 3.63) is 30.1 Å². The first kappa shape index (κ1) is 16.6. The predicted octanol–water partition coefficient (Wildman–Crippen LogP) is 2.08. The highest BCUT2D eigenvalue weighted by molar-refractivity contribution is 5.92. The molecule has 4 nitrogen and oxygen atoms in total. The SMILES string of the molecule is CC(C)N(C)CCCNCC(=O)Nc1ccccc1F. The minimum Gasteiger partial charge on any atom is -0.322 e. The van der Waals surface area contributed by atoms with Crippen molar-refractivity contribution in [2.75, 3.05) is 32.0 Å². The molecule has 0 fully saturated rings. The second-order valence-corrected chi connectivity index (χ2v) is 5.13. The van der Waals surface area contributed by atoms with E-state index in [1.165, 1.54) is 6.07 Å². The number of rotatable bonds is 8. The van der Waals surface area contributed by atoms with Gasteiger partial charge in [0.15, 0.2) is 0 Å². The summed E-state index contributed by atoms with van der Waals surface area (Å²) in [5, 5.41) is 5.60. The van der Waals surface area contributed by atoms with Crippen molar-refractivity contribution in [2.45, 2.75) is 26.3 Å². The molecule has 0 aliphatic heterocycles. The molecule has 1 aromatic carbocycles. The molecule has 1 amide bonds. The molecule has 0 spiro atoms. The van der Waals surface area contributed by atoms with E-state index < -0.39 is 5.82 Å². The van der Waals surface area contributed by atoms with Crippen molar-refractivity contribution in [1.29, 1.82) is 0 Å². The van der Waals surface area contributed by atoms with Gasteiger partial charge in [-0.05, 0) is 52.5 Å². The molecule has 0 unspecified atom stereocenters. The lowest BCUT2D eigenvalue weighted by atomic mass is 10.3. The molecule has 0 heterocycles. The molecule has 0 aliphatic carbocycles. The van der Waals surface area contributed by atoms with Crippen LogP contribution in [-0.4, -0.2) is 43.5 Å². The van der Waals surface area contributed by atoms with E-state index in [0.717, 1.165) is 19.5 Å². The lowest BCUT2D eigenvalue weighted by molar-refractivity contribution is -0.115. The Kier molecular flexibility index (Phi) is 7.18. The van der Waals surface area contributed by atoms with E-state index in [4.69, 9.17) is 0 Å². The summed E-state index contributed by atoms with van der Waals surface area (Å²) < 4.78 is 13.3. The number of nitrogens with one attached hydrogen (secondary N) is 2. The monoisotopic (exact) mass is 281 g/mol. The van der Waals surface area contributed by atoms with Gasteiger partial charge in [-0.15, -0.1) is 0 Å². The summed E-state index contributed by atoms with van der Waals surface area (Å²) >= 11 is 0. The molecule has 0 atom stereocenters. The van der Waals surface area contributed by atoms with Crippen molar-refractivity contribution in [2.24, 2.45) is 0 Å². The molecule has 112 valence electrons. The average molecular weight is 281 g/mol. The van der Waals surface area contributed by atoms with E-state index in [2.05, 4.69) is 36.4 Å². The quantitative estimate of drug-likeness (QED) is 0.717. The Morgan fingerprint density at radius 3 is 2.70 bits per heavy atom. The first-order valence-corrected chi connectivity index (χ1v) is 6.96.